The number of para-hydroxylation sites is 1. The van der Waals surface area contributed by atoms with Crippen LogP contribution in [0.3, 0.4) is 0 Å². The topological polar surface area (TPSA) is 55.6 Å². The zero-order valence-electron chi connectivity index (χ0n) is 14.9. The van der Waals surface area contributed by atoms with Crippen LogP contribution in [0, 0.1) is 0 Å². The number of nitrogens with zero attached hydrogens (tertiary/aromatic N) is 2. The second-order valence-electron chi connectivity index (χ2n) is 6.15. The minimum atomic E-state index is 0.0102. The van der Waals surface area contributed by atoms with Gasteiger partial charge in [-0.05, 0) is 42.8 Å². The zero-order chi connectivity index (χ0) is 18.6. The number of carbonyl (C=O) groups excluding carboxylic acids is 1. The molecular weight excluding hydrogens is 358 g/mol. The van der Waals surface area contributed by atoms with Crippen LogP contribution in [0.15, 0.2) is 66.2 Å². The Kier molecular flexibility index (Phi) is 4.89. The van der Waals surface area contributed by atoms with E-state index >= 15 is 0 Å². The minimum Gasteiger partial charge on any atom is -0.497 e. The average Bonchev–Trinajstić information content (AvgIpc) is 3.28. The van der Waals surface area contributed by atoms with Crippen LogP contribution < -0.4 is 10.1 Å². The van der Waals surface area contributed by atoms with Crippen LogP contribution in [0.5, 0.6) is 5.75 Å². The van der Waals surface area contributed by atoms with E-state index in [9.17, 15) is 4.79 Å². The van der Waals surface area contributed by atoms with Crippen molar-refractivity contribution < 1.29 is 9.53 Å². The van der Waals surface area contributed by atoms with Gasteiger partial charge in [-0.15, -0.1) is 11.3 Å². The van der Waals surface area contributed by atoms with E-state index in [-0.39, 0.29) is 5.91 Å². The Morgan fingerprint density at radius 2 is 1.93 bits per heavy atom. The second-order valence-corrected chi connectivity index (χ2v) is 6.99. The van der Waals surface area contributed by atoms with E-state index < -0.39 is 0 Å². The van der Waals surface area contributed by atoms with E-state index in [1.54, 1.807) is 18.4 Å². The molecular formula is C21H19N3O2S. The molecule has 0 aliphatic rings. The highest BCUT2D eigenvalue weighted by molar-refractivity contribution is 7.15. The number of aryl methyl sites for hydroxylation is 1. The first kappa shape index (κ1) is 17.3. The van der Waals surface area contributed by atoms with Crippen molar-refractivity contribution in [2.45, 2.75) is 12.8 Å². The van der Waals surface area contributed by atoms with Crippen LogP contribution in [0.25, 0.3) is 16.2 Å². The maximum absolute atomic E-state index is 12.2. The first-order valence-corrected chi connectivity index (χ1v) is 9.56. The fourth-order valence-corrected chi connectivity index (χ4v) is 3.80. The lowest BCUT2D eigenvalue weighted by molar-refractivity contribution is -0.116. The molecule has 0 atom stereocenters. The summed E-state index contributed by atoms with van der Waals surface area (Å²) in [6, 6.07) is 17.4. The highest BCUT2D eigenvalue weighted by atomic mass is 32.1. The fourth-order valence-electron chi connectivity index (χ4n) is 2.90. The molecule has 4 aromatic rings. The number of imidazole rings is 1. The molecule has 2 aromatic carbocycles. The molecule has 6 heteroatoms. The minimum absolute atomic E-state index is 0.0102. The average molecular weight is 377 g/mol. The van der Waals surface area contributed by atoms with E-state index in [1.165, 1.54) is 0 Å². The van der Waals surface area contributed by atoms with Gasteiger partial charge in [0.15, 0.2) is 4.96 Å². The van der Waals surface area contributed by atoms with Gasteiger partial charge >= 0.3 is 0 Å². The summed E-state index contributed by atoms with van der Waals surface area (Å²) >= 11 is 1.59. The number of carbonyl (C=O) groups is 1. The summed E-state index contributed by atoms with van der Waals surface area (Å²) in [7, 11) is 1.65. The zero-order valence-corrected chi connectivity index (χ0v) is 15.7. The van der Waals surface area contributed by atoms with Crippen molar-refractivity contribution >= 4 is 27.9 Å². The summed E-state index contributed by atoms with van der Waals surface area (Å²) in [6.07, 6.45) is 3.12. The lowest BCUT2D eigenvalue weighted by atomic mass is 10.1. The van der Waals surface area contributed by atoms with E-state index in [1.807, 2.05) is 60.8 Å². The number of fused-ring (bicyclic) bond motifs is 1. The van der Waals surface area contributed by atoms with Gasteiger partial charge in [-0.3, -0.25) is 9.20 Å². The fraction of sp³-hybridized carbons (Fsp3) is 0.143. The number of anilines is 1. The first-order chi connectivity index (χ1) is 13.2. The van der Waals surface area contributed by atoms with Gasteiger partial charge in [0, 0.05) is 34.9 Å². The van der Waals surface area contributed by atoms with Gasteiger partial charge in [-0.25, -0.2) is 4.98 Å². The molecule has 0 aliphatic heterocycles. The summed E-state index contributed by atoms with van der Waals surface area (Å²) < 4.78 is 7.27. The van der Waals surface area contributed by atoms with E-state index in [0.717, 1.165) is 33.3 Å². The van der Waals surface area contributed by atoms with Gasteiger partial charge in [0.25, 0.3) is 0 Å². The first-order valence-electron chi connectivity index (χ1n) is 8.68. The molecule has 1 amide bonds. The molecule has 0 unspecified atom stereocenters. The molecule has 27 heavy (non-hydrogen) atoms. The van der Waals surface area contributed by atoms with Crippen molar-refractivity contribution in [3.8, 4) is 17.0 Å². The number of methoxy groups -OCH3 is 1. The van der Waals surface area contributed by atoms with Gasteiger partial charge in [-0.2, -0.15) is 0 Å². The van der Waals surface area contributed by atoms with E-state index in [4.69, 9.17) is 9.72 Å². The third-order valence-corrected chi connectivity index (χ3v) is 5.22. The van der Waals surface area contributed by atoms with Gasteiger partial charge in [-0.1, -0.05) is 18.2 Å². The highest BCUT2D eigenvalue weighted by Gasteiger charge is 2.11. The molecule has 2 heterocycles. The molecule has 136 valence electrons. The van der Waals surface area contributed by atoms with Crippen LogP contribution in [0.1, 0.15) is 12.1 Å². The summed E-state index contributed by atoms with van der Waals surface area (Å²) in [5.41, 5.74) is 3.87. The number of amides is 1. The Hall–Kier alpha value is -3.12. The maximum Gasteiger partial charge on any atom is 0.224 e. The van der Waals surface area contributed by atoms with Gasteiger partial charge in [0.05, 0.1) is 12.8 Å². The Bertz CT molecular complexity index is 1050. The predicted octanol–water partition coefficient (Wildman–Crippen LogP) is 4.64. The third-order valence-electron chi connectivity index (χ3n) is 4.33. The van der Waals surface area contributed by atoms with Crippen LogP contribution in [-0.2, 0) is 11.2 Å². The number of aromatic nitrogens is 2. The van der Waals surface area contributed by atoms with Crippen molar-refractivity contribution in [3.63, 3.8) is 0 Å². The molecule has 0 saturated heterocycles. The Morgan fingerprint density at radius 1 is 1.15 bits per heavy atom. The van der Waals surface area contributed by atoms with Crippen molar-refractivity contribution in [1.29, 1.82) is 0 Å². The quantitative estimate of drug-likeness (QED) is 0.532. The number of benzene rings is 2. The molecule has 5 nitrogen and oxygen atoms in total. The predicted molar refractivity (Wildman–Crippen MR) is 108 cm³/mol. The lowest BCUT2D eigenvalue weighted by Gasteiger charge is -2.04. The smallest absolute Gasteiger partial charge is 0.224 e. The molecule has 0 saturated carbocycles. The summed E-state index contributed by atoms with van der Waals surface area (Å²) in [6.45, 7) is 0. The van der Waals surface area contributed by atoms with Gasteiger partial charge in [0.1, 0.15) is 5.75 Å². The molecule has 0 fully saturated rings. The number of rotatable bonds is 6. The van der Waals surface area contributed by atoms with E-state index in [2.05, 4.69) is 15.1 Å². The monoisotopic (exact) mass is 377 g/mol. The molecule has 0 aliphatic carbocycles. The Labute approximate surface area is 161 Å². The largest absolute Gasteiger partial charge is 0.497 e. The molecule has 4 rings (SSSR count). The number of hydrogen-bond donors (Lipinski definition) is 1. The molecule has 1 N–H and O–H groups in total. The molecule has 0 radical (unpaired) electrons. The summed E-state index contributed by atoms with van der Waals surface area (Å²) in [4.78, 5) is 17.8. The standard InChI is InChI=1S/C21H19N3O2S/c1-26-18-10-7-15(8-11-18)19-13-24-17(14-27-21(24)23-19)9-12-20(25)22-16-5-3-2-4-6-16/h2-8,10-11,13-14H,9,12H2,1H3,(H,22,25). The van der Waals surface area contributed by atoms with Gasteiger partial charge < -0.3 is 10.1 Å². The Morgan fingerprint density at radius 3 is 2.67 bits per heavy atom. The number of ether oxygens (including phenoxy) is 1. The molecule has 0 bridgehead atoms. The molecule has 0 spiro atoms. The normalized spacial score (nSPS) is 10.9. The second kappa shape index (κ2) is 7.63. The van der Waals surface area contributed by atoms with Crippen molar-refractivity contribution in [3.05, 3.63) is 71.9 Å². The number of hydrogen-bond acceptors (Lipinski definition) is 4. The van der Waals surface area contributed by atoms with Gasteiger partial charge in [0.2, 0.25) is 5.91 Å². The summed E-state index contributed by atoms with van der Waals surface area (Å²) in [5, 5.41) is 4.99. The van der Waals surface area contributed by atoms with Crippen molar-refractivity contribution in [2.24, 2.45) is 0 Å². The highest BCUT2D eigenvalue weighted by Crippen LogP contribution is 2.25. The number of nitrogens with one attached hydrogen (secondary N) is 1. The third kappa shape index (κ3) is 3.85. The van der Waals surface area contributed by atoms with Crippen molar-refractivity contribution in [2.75, 3.05) is 12.4 Å². The van der Waals surface area contributed by atoms with Crippen molar-refractivity contribution in [1.82, 2.24) is 9.38 Å². The van der Waals surface area contributed by atoms with E-state index in [0.29, 0.717) is 12.8 Å². The Balaban J connectivity index is 1.46. The number of thiazole rings is 1. The van der Waals surface area contributed by atoms with Crippen LogP contribution in [-0.4, -0.2) is 22.4 Å². The van der Waals surface area contributed by atoms with Crippen LogP contribution in [0.2, 0.25) is 0 Å². The van der Waals surface area contributed by atoms with Crippen LogP contribution >= 0.6 is 11.3 Å². The summed E-state index contributed by atoms with van der Waals surface area (Å²) in [5.74, 6) is 0.834. The SMILES string of the molecule is COc1ccc(-c2cn3c(CCC(=O)Nc4ccccc4)csc3n2)cc1. The lowest BCUT2D eigenvalue weighted by Crippen LogP contribution is -2.12. The maximum atomic E-state index is 12.2. The van der Waals surface area contributed by atoms with Crippen LogP contribution in [0.4, 0.5) is 5.69 Å². The molecule has 2 aromatic heterocycles.